The molecule has 0 bridgehead atoms. The molecule has 6 nitrogen and oxygen atoms in total. The predicted octanol–water partition coefficient (Wildman–Crippen LogP) is 2.95. The number of aromatic nitrogens is 4. The van der Waals surface area contributed by atoms with Gasteiger partial charge in [0.1, 0.15) is 17.2 Å². The standard InChI is InChI=1S/C17H21N5O/c1-12-18-13(2)22(20-12)11-14-6-5-9-21(10-14)17-19-15-7-3-4-8-16(15)23-17/h3-4,7-8,14H,5-6,9-11H2,1-2H3. The summed E-state index contributed by atoms with van der Waals surface area (Å²) in [4.78, 5) is 11.3. The molecule has 1 aliphatic rings. The molecule has 1 unspecified atom stereocenters. The van der Waals surface area contributed by atoms with Gasteiger partial charge in [0.2, 0.25) is 0 Å². The number of anilines is 1. The van der Waals surface area contributed by atoms with Crippen molar-refractivity contribution in [3.8, 4) is 0 Å². The number of hydrogen-bond acceptors (Lipinski definition) is 5. The van der Waals surface area contributed by atoms with E-state index < -0.39 is 0 Å². The molecule has 23 heavy (non-hydrogen) atoms. The average molecular weight is 311 g/mol. The first-order valence-corrected chi connectivity index (χ1v) is 8.17. The first-order chi connectivity index (χ1) is 11.2. The maximum atomic E-state index is 5.91. The number of rotatable bonds is 3. The summed E-state index contributed by atoms with van der Waals surface area (Å²) in [5.41, 5.74) is 1.78. The number of oxazole rings is 1. The smallest absolute Gasteiger partial charge is 0.298 e. The maximum absolute atomic E-state index is 5.91. The Morgan fingerprint density at radius 1 is 1.22 bits per heavy atom. The third kappa shape index (κ3) is 2.81. The molecule has 1 aromatic carbocycles. The van der Waals surface area contributed by atoms with Gasteiger partial charge in [-0.1, -0.05) is 12.1 Å². The van der Waals surface area contributed by atoms with E-state index in [2.05, 4.69) is 20.0 Å². The fourth-order valence-corrected chi connectivity index (χ4v) is 3.36. The summed E-state index contributed by atoms with van der Waals surface area (Å²) in [5, 5.41) is 4.48. The Balaban J connectivity index is 1.51. The first-order valence-electron chi connectivity index (χ1n) is 8.17. The van der Waals surface area contributed by atoms with E-state index in [0.29, 0.717) is 5.92 Å². The lowest BCUT2D eigenvalue weighted by molar-refractivity contribution is 0.338. The molecular weight excluding hydrogens is 290 g/mol. The minimum absolute atomic E-state index is 0.540. The van der Waals surface area contributed by atoms with E-state index in [1.54, 1.807) is 0 Å². The average Bonchev–Trinajstić information content (AvgIpc) is 3.11. The van der Waals surface area contributed by atoms with Crippen molar-refractivity contribution in [2.45, 2.75) is 33.2 Å². The topological polar surface area (TPSA) is 60.0 Å². The van der Waals surface area contributed by atoms with Gasteiger partial charge in [0.05, 0.1) is 0 Å². The van der Waals surface area contributed by atoms with Crippen molar-refractivity contribution < 1.29 is 4.42 Å². The number of benzene rings is 1. The SMILES string of the molecule is Cc1nc(C)n(CC2CCCN(c3nc4ccccc4o3)C2)n1. The second-order valence-corrected chi connectivity index (χ2v) is 6.31. The van der Waals surface area contributed by atoms with Crippen LogP contribution in [0.1, 0.15) is 24.5 Å². The van der Waals surface area contributed by atoms with Crippen LogP contribution < -0.4 is 4.90 Å². The first kappa shape index (κ1) is 14.2. The Morgan fingerprint density at radius 2 is 2.09 bits per heavy atom. The van der Waals surface area contributed by atoms with E-state index in [4.69, 9.17) is 4.42 Å². The molecule has 0 saturated carbocycles. The van der Waals surface area contributed by atoms with E-state index in [-0.39, 0.29) is 0 Å². The number of nitrogens with zero attached hydrogens (tertiary/aromatic N) is 5. The largest absolute Gasteiger partial charge is 0.423 e. The van der Waals surface area contributed by atoms with Crippen LogP contribution in [0.25, 0.3) is 11.1 Å². The van der Waals surface area contributed by atoms with Crippen molar-refractivity contribution in [1.82, 2.24) is 19.7 Å². The lowest BCUT2D eigenvalue weighted by Crippen LogP contribution is -2.37. The monoisotopic (exact) mass is 311 g/mol. The fourth-order valence-electron chi connectivity index (χ4n) is 3.36. The molecule has 0 spiro atoms. The van der Waals surface area contributed by atoms with Gasteiger partial charge in [0.15, 0.2) is 5.58 Å². The minimum Gasteiger partial charge on any atom is -0.423 e. The van der Waals surface area contributed by atoms with Crippen molar-refractivity contribution in [2.24, 2.45) is 5.92 Å². The Labute approximate surface area is 135 Å². The predicted molar refractivity (Wildman–Crippen MR) is 88.4 cm³/mol. The molecule has 0 radical (unpaired) electrons. The van der Waals surface area contributed by atoms with Crippen LogP contribution in [-0.4, -0.2) is 32.8 Å². The van der Waals surface area contributed by atoms with Gasteiger partial charge in [-0.3, -0.25) is 0 Å². The molecule has 1 saturated heterocycles. The Morgan fingerprint density at radius 3 is 2.87 bits per heavy atom. The zero-order chi connectivity index (χ0) is 15.8. The van der Waals surface area contributed by atoms with Crippen LogP contribution in [-0.2, 0) is 6.54 Å². The van der Waals surface area contributed by atoms with Crippen LogP contribution in [0.2, 0.25) is 0 Å². The quantitative estimate of drug-likeness (QED) is 0.744. The van der Waals surface area contributed by atoms with Crippen molar-refractivity contribution in [3.05, 3.63) is 35.9 Å². The molecule has 1 fully saturated rings. The molecule has 0 aliphatic carbocycles. The van der Waals surface area contributed by atoms with Gasteiger partial charge >= 0.3 is 0 Å². The second kappa shape index (κ2) is 5.68. The van der Waals surface area contributed by atoms with E-state index in [1.165, 1.54) is 6.42 Å². The summed E-state index contributed by atoms with van der Waals surface area (Å²) >= 11 is 0. The Kier molecular flexibility index (Phi) is 3.52. The lowest BCUT2D eigenvalue weighted by atomic mass is 9.98. The highest BCUT2D eigenvalue weighted by atomic mass is 16.4. The maximum Gasteiger partial charge on any atom is 0.298 e. The van der Waals surface area contributed by atoms with Crippen LogP contribution in [0, 0.1) is 19.8 Å². The summed E-state index contributed by atoms with van der Waals surface area (Å²) in [6, 6.07) is 8.66. The highest BCUT2D eigenvalue weighted by molar-refractivity contribution is 5.74. The fraction of sp³-hybridized carbons (Fsp3) is 0.471. The van der Waals surface area contributed by atoms with E-state index in [9.17, 15) is 0 Å². The molecule has 1 atom stereocenters. The van der Waals surface area contributed by atoms with Crippen LogP contribution in [0.4, 0.5) is 6.01 Å². The van der Waals surface area contributed by atoms with Crippen molar-refractivity contribution in [2.75, 3.05) is 18.0 Å². The van der Waals surface area contributed by atoms with Crippen molar-refractivity contribution in [1.29, 1.82) is 0 Å². The van der Waals surface area contributed by atoms with Gasteiger partial charge < -0.3 is 9.32 Å². The van der Waals surface area contributed by atoms with Gasteiger partial charge in [-0.15, -0.1) is 0 Å². The minimum atomic E-state index is 0.540. The van der Waals surface area contributed by atoms with Gasteiger partial charge in [-0.05, 0) is 44.7 Å². The lowest BCUT2D eigenvalue weighted by Gasteiger charge is -2.31. The molecule has 0 amide bonds. The molecule has 3 aromatic rings. The number of aryl methyl sites for hydroxylation is 2. The molecule has 1 aliphatic heterocycles. The summed E-state index contributed by atoms with van der Waals surface area (Å²) in [6.45, 7) is 6.81. The molecule has 6 heteroatoms. The van der Waals surface area contributed by atoms with Crippen molar-refractivity contribution >= 4 is 17.1 Å². The zero-order valence-corrected chi connectivity index (χ0v) is 13.6. The molecular formula is C17H21N5O. The zero-order valence-electron chi connectivity index (χ0n) is 13.6. The molecule has 120 valence electrons. The number of para-hydroxylation sites is 2. The second-order valence-electron chi connectivity index (χ2n) is 6.31. The molecule has 0 N–H and O–H groups in total. The van der Waals surface area contributed by atoms with Crippen molar-refractivity contribution in [3.63, 3.8) is 0 Å². The van der Waals surface area contributed by atoms with Crippen LogP contribution >= 0.6 is 0 Å². The summed E-state index contributed by atoms with van der Waals surface area (Å²) < 4.78 is 7.94. The molecule has 4 rings (SSSR count). The van der Waals surface area contributed by atoms with E-state index >= 15 is 0 Å². The van der Waals surface area contributed by atoms with Crippen LogP contribution in [0.3, 0.4) is 0 Å². The Bertz CT molecular complexity index is 788. The van der Waals surface area contributed by atoms with Crippen LogP contribution in [0.15, 0.2) is 28.7 Å². The third-order valence-electron chi connectivity index (χ3n) is 4.47. The molecule has 2 aromatic heterocycles. The summed E-state index contributed by atoms with van der Waals surface area (Å²) in [5.74, 6) is 2.37. The third-order valence-corrected chi connectivity index (χ3v) is 4.47. The number of fused-ring (bicyclic) bond motifs is 1. The van der Waals surface area contributed by atoms with E-state index in [0.717, 1.165) is 54.8 Å². The summed E-state index contributed by atoms with van der Waals surface area (Å²) in [7, 11) is 0. The highest BCUT2D eigenvalue weighted by Gasteiger charge is 2.24. The van der Waals surface area contributed by atoms with Gasteiger partial charge in [-0.25, -0.2) is 9.67 Å². The van der Waals surface area contributed by atoms with Gasteiger partial charge in [0, 0.05) is 19.6 Å². The number of hydrogen-bond donors (Lipinski definition) is 0. The van der Waals surface area contributed by atoms with Gasteiger partial charge in [0.25, 0.3) is 6.01 Å². The normalized spacial score (nSPS) is 18.7. The molecule has 3 heterocycles. The highest BCUT2D eigenvalue weighted by Crippen LogP contribution is 2.27. The number of piperidine rings is 1. The van der Waals surface area contributed by atoms with E-state index in [1.807, 2.05) is 42.8 Å². The Hall–Kier alpha value is -2.37. The van der Waals surface area contributed by atoms with Crippen LogP contribution in [0.5, 0.6) is 0 Å². The van der Waals surface area contributed by atoms with Gasteiger partial charge in [-0.2, -0.15) is 10.1 Å². The summed E-state index contributed by atoms with van der Waals surface area (Å²) in [6.07, 6.45) is 2.35.